The third-order valence-corrected chi connectivity index (χ3v) is 2.71. The normalized spacial score (nSPS) is 12.1. The van der Waals surface area contributed by atoms with Crippen LogP contribution in [-0.4, -0.2) is 10.2 Å². The SMILES string of the molecule is C=C(c1ccccc1)C(O)c1ccccc1O. The second-order valence-corrected chi connectivity index (χ2v) is 3.85. The van der Waals surface area contributed by atoms with Crippen LogP contribution in [0.25, 0.3) is 5.57 Å². The predicted octanol–water partition coefficient (Wildman–Crippen LogP) is 3.14. The number of benzene rings is 2. The average molecular weight is 226 g/mol. The first kappa shape index (κ1) is 11.4. The minimum Gasteiger partial charge on any atom is -0.508 e. The van der Waals surface area contributed by atoms with Crippen molar-refractivity contribution in [1.82, 2.24) is 0 Å². The molecule has 2 N–H and O–H groups in total. The van der Waals surface area contributed by atoms with Crippen molar-refractivity contribution in [2.75, 3.05) is 0 Å². The molecule has 2 rings (SSSR count). The van der Waals surface area contributed by atoms with Gasteiger partial charge >= 0.3 is 0 Å². The molecule has 17 heavy (non-hydrogen) atoms. The lowest BCUT2D eigenvalue weighted by Crippen LogP contribution is -2.00. The highest BCUT2D eigenvalue weighted by molar-refractivity contribution is 5.69. The molecule has 0 aromatic heterocycles. The minimum absolute atomic E-state index is 0.0806. The molecule has 86 valence electrons. The fraction of sp³-hybridized carbons (Fsp3) is 0.0667. The van der Waals surface area contributed by atoms with E-state index in [9.17, 15) is 10.2 Å². The summed E-state index contributed by atoms with van der Waals surface area (Å²) in [5, 5.41) is 19.8. The van der Waals surface area contributed by atoms with Crippen molar-refractivity contribution >= 4 is 5.57 Å². The molecule has 0 fully saturated rings. The van der Waals surface area contributed by atoms with E-state index in [1.54, 1.807) is 24.3 Å². The lowest BCUT2D eigenvalue weighted by atomic mass is 9.96. The van der Waals surface area contributed by atoms with Crippen LogP contribution >= 0.6 is 0 Å². The zero-order chi connectivity index (χ0) is 12.3. The van der Waals surface area contributed by atoms with E-state index in [4.69, 9.17) is 0 Å². The highest BCUT2D eigenvalue weighted by Gasteiger charge is 2.15. The highest BCUT2D eigenvalue weighted by Crippen LogP contribution is 2.32. The van der Waals surface area contributed by atoms with E-state index in [1.807, 2.05) is 30.3 Å². The Balaban J connectivity index is 2.30. The summed E-state index contributed by atoms with van der Waals surface area (Å²) in [5.41, 5.74) is 1.91. The Hall–Kier alpha value is -2.06. The summed E-state index contributed by atoms with van der Waals surface area (Å²) in [4.78, 5) is 0. The summed E-state index contributed by atoms with van der Waals surface area (Å²) in [7, 11) is 0. The Labute approximate surface area is 100 Å². The lowest BCUT2D eigenvalue weighted by molar-refractivity contribution is 0.233. The molecule has 1 unspecified atom stereocenters. The van der Waals surface area contributed by atoms with Gasteiger partial charge in [0.25, 0.3) is 0 Å². The van der Waals surface area contributed by atoms with Gasteiger partial charge in [-0.15, -0.1) is 0 Å². The third kappa shape index (κ3) is 2.37. The van der Waals surface area contributed by atoms with Gasteiger partial charge in [0, 0.05) is 5.56 Å². The van der Waals surface area contributed by atoms with Crippen LogP contribution in [0.2, 0.25) is 0 Å². The highest BCUT2D eigenvalue weighted by atomic mass is 16.3. The Morgan fingerprint density at radius 3 is 2.18 bits per heavy atom. The van der Waals surface area contributed by atoms with Crippen LogP contribution < -0.4 is 0 Å². The smallest absolute Gasteiger partial charge is 0.121 e. The first-order valence-corrected chi connectivity index (χ1v) is 5.40. The predicted molar refractivity (Wildman–Crippen MR) is 68.5 cm³/mol. The zero-order valence-corrected chi connectivity index (χ0v) is 9.38. The van der Waals surface area contributed by atoms with E-state index in [-0.39, 0.29) is 5.75 Å². The third-order valence-electron chi connectivity index (χ3n) is 2.71. The van der Waals surface area contributed by atoms with Crippen LogP contribution in [0.5, 0.6) is 5.75 Å². The van der Waals surface area contributed by atoms with Crippen LogP contribution in [0.1, 0.15) is 17.2 Å². The summed E-state index contributed by atoms with van der Waals surface area (Å²) in [6.07, 6.45) is -0.890. The van der Waals surface area contributed by atoms with E-state index in [0.717, 1.165) is 5.56 Å². The molecule has 0 aliphatic heterocycles. The molecule has 0 radical (unpaired) electrons. The van der Waals surface area contributed by atoms with Gasteiger partial charge in [0.15, 0.2) is 0 Å². The van der Waals surface area contributed by atoms with Gasteiger partial charge in [-0.3, -0.25) is 0 Å². The van der Waals surface area contributed by atoms with E-state index >= 15 is 0 Å². The second kappa shape index (κ2) is 4.85. The van der Waals surface area contributed by atoms with E-state index in [0.29, 0.717) is 11.1 Å². The molecule has 0 aliphatic rings. The van der Waals surface area contributed by atoms with Crippen molar-refractivity contribution in [3.05, 3.63) is 72.3 Å². The molecule has 0 spiro atoms. The van der Waals surface area contributed by atoms with Gasteiger partial charge in [0.1, 0.15) is 11.9 Å². The van der Waals surface area contributed by atoms with Crippen molar-refractivity contribution in [1.29, 1.82) is 0 Å². The monoisotopic (exact) mass is 226 g/mol. The molecule has 0 amide bonds. The zero-order valence-electron chi connectivity index (χ0n) is 9.38. The Morgan fingerprint density at radius 2 is 1.53 bits per heavy atom. The number of phenolic OH excluding ortho intramolecular Hbond substituents is 1. The summed E-state index contributed by atoms with van der Waals surface area (Å²) < 4.78 is 0. The standard InChI is InChI=1S/C15H14O2/c1-11(12-7-3-2-4-8-12)15(17)13-9-5-6-10-14(13)16/h2-10,15-17H,1H2. The maximum absolute atomic E-state index is 10.2. The molecule has 0 aliphatic carbocycles. The molecule has 2 aromatic rings. The van der Waals surface area contributed by atoms with Gasteiger partial charge in [-0.1, -0.05) is 55.1 Å². The van der Waals surface area contributed by atoms with Gasteiger partial charge in [-0.05, 0) is 17.2 Å². The summed E-state index contributed by atoms with van der Waals surface area (Å²) in [6, 6.07) is 16.2. The van der Waals surface area contributed by atoms with Crippen molar-refractivity contribution in [3.63, 3.8) is 0 Å². The number of phenols is 1. The number of aromatic hydroxyl groups is 1. The van der Waals surface area contributed by atoms with Gasteiger partial charge in [0.2, 0.25) is 0 Å². The molecule has 0 saturated heterocycles. The van der Waals surface area contributed by atoms with E-state index in [2.05, 4.69) is 6.58 Å². The van der Waals surface area contributed by atoms with Gasteiger partial charge in [-0.25, -0.2) is 0 Å². The van der Waals surface area contributed by atoms with Crippen LogP contribution in [0.15, 0.2) is 61.2 Å². The number of rotatable bonds is 3. The fourth-order valence-corrected chi connectivity index (χ4v) is 1.72. The molecule has 0 bridgehead atoms. The van der Waals surface area contributed by atoms with Crippen LogP contribution in [0.4, 0.5) is 0 Å². The molecule has 2 nitrogen and oxygen atoms in total. The number of para-hydroxylation sites is 1. The first-order chi connectivity index (χ1) is 8.20. The number of aliphatic hydroxyl groups is 1. The van der Waals surface area contributed by atoms with E-state index < -0.39 is 6.10 Å². The van der Waals surface area contributed by atoms with Crippen LogP contribution in [0.3, 0.4) is 0 Å². The number of hydrogen-bond acceptors (Lipinski definition) is 2. The minimum atomic E-state index is -0.890. The van der Waals surface area contributed by atoms with Crippen molar-refractivity contribution in [2.45, 2.75) is 6.10 Å². The van der Waals surface area contributed by atoms with Gasteiger partial charge < -0.3 is 10.2 Å². The van der Waals surface area contributed by atoms with Crippen molar-refractivity contribution in [2.24, 2.45) is 0 Å². The molecule has 2 aromatic carbocycles. The summed E-state index contributed by atoms with van der Waals surface area (Å²) >= 11 is 0. The fourth-order valence-electron chi connectivity index (χ4n) is 1.72. The average Bonchev–Trinajstić information content (AvgIpc) is 2.39. The molecule has 0 saturated carbocycles. The molecular weight excluding hydrogens is 212 g/mol. The Morgan fingerprint density at radius 1 is 0.941 bits per heavy atom. The summed E-state index contributed by atoms with van der Waals surface area (Å²) in [5.74, 6) is 0.0806. The van der Waals surface area contributed by atoms with E-state index in [1.165, 1.54) is 0 Å². The molecule has 0 heterocycles. The van der Waals surface area contributed by atoms with Gasteiger partial charge in [-0.2, -0.15) is 0 Å². The first-order valence-electron chi connectivity index (χ1n) is 5.40. The van der Waals surface area contributed by atoms with Crippen LogP contribution in [-0.2, 0) is 0 Å². The maximum Gasteiger partial charge on any atom is 0.121 e. The van der Waals surface area contributed by atoms with Crippen molar-refractivity contribution < 1.29 is 10.2 Å². The quantitative estimate of drug-likeness (QED) is 0.844. The maximum atomic E-state index is 10.2. The van der Waals surface area contributed by atoms with Gasteiger partial charge in [0.05, 0.1) is 0 Å². The van der Waals surface area contributed by atoms with Crippen molar-refractivity contribution in [3.8, 4) is 5.75 Å². The van der Waals surface area contributed by atoms with Crippen LogP contribution in [0, 0.1) is 0 Å². The molecule has 1 atom stereocenters. The number of aliphatic hydroxyl groups excluding tert-OH is 1. The topological polar surface area (TPSA) is 40.5 Å². The largest absolute Gasteiger partial charge is 0.508 e. The Bertz CT molecular complexity index is 517. The lowest BCUT2D eigenvalue weighted by Gasteiger charge is -2.15. The molecule has 2 heteroatoms. The second-order valence-electron chi connectivity index (χ2n) is 3.85. The Kier molecular flexibility index (Phi) is 3.26. The summed E-state index contributed by atoms with van der Waals surface area (Å²) in [6.45, 7) is 3.88. The molecular formula is C15H14O2. The number of hydrogen-bond donors (Lipinski definition) is 2.